The SMILES string of the molecule is O=C1C=C(Nc2ccc(Br)cc2)C(=O)c2c1[nH]n(-c1ccccc1)c2=O. The number of anilines is 1. The summed E-state index contributed by atoms with van der Waals surface area (Å²) in [6.07, 6.45) is 1.21. The lowest BCUT2D eigenvalue weighted by atomic mass is 9.99. The van der Waals surface area contributed by atoms with Gasteiger partial charge in [-0.15, -0.1) is 0 Å². The van der Waals surface area contributed by atoms with E-state index in [0.717, 1.165) is 4.47 Å². The summed E-state index contributed by atoms with van der Waals surface area (Å²) in [5, 5.41) is 5.66. The van der Waals surface area contributed by atoms with Crippen molar-refractivity contribution in [3.05, 3.63) is 92.5 Å². The Hall–Kier alpha value is -3.19. The first-order valence-electron chi connectivity index (χ1n) is 7.78. The van der Waals surface area contributed by atoms with Crippen LogP contribution in [0.5, 0.6) is 0 Å². The number of benzene rings is 2. The lowest BCUT2D eigenvalue weighted by Gasteiger charge is -2.13. The molecule has 2 N–H and O–H groups in total. The molecule has 0 atom stereocenters. The summed E-state index contributed by atoms with van der Waals surface area (Å²) >= 11 is 3.34. The Morgan fingerprint density at radius 2 is 1.62 bits per heavy atom. The molecule has 0 unspecified atom stereocenters. The van der Waals surface area contributed by atoms with Gasteiger partial charge in [0.05, 0.1) is 11.4 Å². The molecular weight excluding hydrogens is 398 g/mol. The number of aromatic nitrogens is 2. The third-order valence-electron chi connectivity index (χ3n) is 4.02. The first kappa shape index (κ1) is 16.3. The van der Waals surface area contributed by atoms with Gasteiger partial charge in [0, 0.05) is 16.2 Å². The molecule has 0 saturated heterocycles. The van der Waals surface area contributed by atoms with Crippen LogP contribution in [0.25, 0.3) is 5.69 Å². The summed E-state index contributed by atoms with van der Waals surface area (Å²) in [4.78, 5) is 37.9. The minimum atomic E-state index is -0.548. The molecule has 6 nitrogen and oxygen atoms in total. The van der Waals surface area contributed by atoms with E-state index in [1.165, 1.54) is 10.8 Å². The van der Waals surface area contributed by atoms with Gasteiger partial charge in [0.2, 0.25) is 11.6 Å². The maximum absolute atomic E-state index is 12.8. The highest BCUT2D eigenvalue weighted by molar-refractivity contribution is 9.10. The predicted molar refractivity (Wildman–Crippen MR) is 101 cm³/mol. The van der Waals surface area contributed by atoms with Gasteiger partial charge in [-0.3, -0.25) is 19.5 Å². The number of aromatic amines is 1. The number of Topliss-reactive ketones (excluding diaryl/α,β-unsaturated/α-hetero) is 1. The van der Waals surface area contributed by atoms with E-state index in [1.807, 2.05) is 18.2 Å². The van der Waals surface area contributed by atoms with Gasteiger partial charge >= 0.3 is 0 Å². The summed E-state index contributed by atoms with van der Waals surface area (Å²) in [6, 6.07) is 15.9. The van der Waals surface area contributed by atoms with Crippen LogP contribution in [0, 0.1) is 0 Å². The van der Waals surface area contributed by atoms with Gasteiger partial charge in [-0.25, -0.2) is 4.68 Å². The van der Waals surface area contributed by atoms with Gasteiger partial charge in [0.1, 0.15) is 11.3 Å². The van der Waals surface area contributed by atoms with E-state index >= 15 is 0 Å². The zero-order valence-corrected chi connectivity index (χ0v) is 14.9. The molecule has 1 aliphatic rings. The number of carbonyl (C=O) groups is 2. The van der Waals surface area contributed by atoms with Crippen molar-refractivity contribution in [2.45, 2.75) is 0 Å². The van der Waals surface area contributed by atoms with Crippen LogP contribution in [0.15, 0.2) is 75.6 Å². The average molecular weight is 410 g/mol. The summed E-state index contributed by atoms with van der Waals surface area (Å²) in [6.45, 7) is 0. The van der Waals surface area contributed by atoms with Gasteiger partial charge in [-0.05, 0) is 36.4 Å². The number of nitrogens with zero attached hydrogens (tertiary/aromatic N) is 1. The Bertz CT molecular complexity index is 1110. The van der Waals surface area contributed by atoms with Crippen LogP contribution in [-0.2, 0) is 0 Å². The largest absolute Gasteiger partial charge is 0.352 e. The van der Waals surface area contributed by atoms with Crippen molar-refractivity contribution in [3.63, 3.8) is 0 Å². The highest BCUT2D eigenvalue weighted by Crippen LogP contribution is 2.22. The second-order valence-corrected chi connectivity index (χ2v) is 6.64. The van der Waals surface area contributed by atoms with Crippen molar-refractivity contribution in [1.29, 1.82) is 0 Å². The number of hydrogen-bond acceptors (Lipinski definition) is 4. The molecule has 0 aliphatic heterocycles. The first-order valence-corrected chi connectivity index (χ1v) is 8.57. The number of ketones is 2. The summed E-state index contributed by atoms with van der Waals surface area (Å²) in [5.41, 5.74) is 0.568. The zero-order chi connectivity index (χ0) is 18.3. The Morgan fingerprint density at radius 1 is 0.923 bits per heavy atom. The van der Waals surface area contributed by atoms with Crippen LogP contribution in [-0.4, -0.2) is 21.3 Å². The van der Waals surface area contributed by atoms with Crippen molar-refractivity contribution in [2.75, 3.05) is 5.32 Å². The van der Waals surface area contributed by atoms with Crippen LogP contribution in [0.3, 0.4) is 0 Å². The van der Waals surface area contributed by atoms with Crippen molar-refractivity contribution in [3.8, 4) is 5.69 Å². The Morgan fingerprint density at radius 3 is 2.31 bits per heavy atom. The topological polar surface area (TPSA) is 84.0 Å². The molecule has 0 fully saturated rings. The van der Waals surface area contributed by atoms with E-state index in [4.69, 9.17) is 0 Å². The first-order chi connectivity index (χ1) is 12.5. The number of rotatable bonds is 3. The fraction of sp³-hybridized carbons (Fsp3) is 0. The Kier molecular flexibility index (Phi) is 3.93. The van der Waals surface area contributed by atoms with Gasteiger partial charge in [0.15, 0.2) is 0 Å². The monoisotopic (exact) mass is 409 g/mol. The third kappa shape index (κ3) is 2.72. The number of allylic oxidation sites excluding steroid dienone is 2. The molecule has 26 heavy (non-hydrogen) atoms. The summed E-state index contributed by atoms with van der Waals surface area (Å²) in [7, 11) is 0. The molecule has 4 rings (SSSR count). The standard InChI is InChI=1S/C19H12BrN3O3/c20-11-6-8-12(9-7-11)21-14-10-15(24)17-16(18(14)25)19(26)23(22-17)13-4-2-1-3-5-13/h1-10,21-22H. The maximum atomic E-state index is 12.8. The van der Waals surface area contributed by atoms with Crippen LogP contribution in [0.4, 0.5) is 5.69 Å². The molecule has 128 valence electrons. The average Bonchev–Trinajstić information content (AvgIpc) is 3.00. The molecule has 0 radical (unpaired) electrons. The van der Waals surface area contributed by atoms with Crippen LogP contribution < -0.4 is 10.9 Å². The van der Waals surface area contributed by atoms with Crippen molar-refractivity contribution >= 4 is 33.2 Å². The molecule has 1 aromatic heterocycles. The third-order valence-corrected chi connectivity index (χ3v) is 4.55. The minimum Gasteiger partial charge on any atom is -0.352 e. The number of halogens is 1. The molecule has 0 saturated carbocycles. The lowest BCUT2D eigenvalue weighted by molar-refractivity contribution is 0.0983. The Balaban J connectivity index is 1.74. The summed E-state index contributed by atoms with van der Waals surface area (Å²) in [5.74, 6) is -0.940. The highest BCUT2D eigenvalue weighted by atomic mass is 79.9. The molecule has 0 amide bonds. The van der Waals surface area contributed by atoms with Gasteiger partial charge in [-0.1, -0.05) is 34.1 Å². The predicted octanol–water partition coefficient (Wildman–Crippen LogP) is 3.30. The number of hydrogen-bond donors (Lipinski definition) is 2. The number of carbonyl (C=O) groups excluding carboxylic acids is 2. The molecule has 2 aromatic carbocycles. The normalized spacial score (nSPS) is 13.3. The van der Waals surface area contributed by atoms with E-state index < -0.39 is 17.1 Å². The second-order valence-electron chi connectivity index (χ2n) is 5.72. The molecule has 1 heterocycles. The number of para-hydroxylation sites is 1. The van der Waals surface area contributed by atoms with E-state index in [-0.39, 0.29) is 17.0 Å². The number of H-pyrrole nitrogens is 1. The zero-order valence-electron chi connectivity index (χ0n) is 13.3. The molecule has 1 aliphatic carbocycles. The lowest BCUT2D eigenvalue weighted by Crippen LogP contribution is -2.26. The van der Waals surface area contributed by atoms with Crippen molar-refractivity contribution in [1.82, 2.24) is 9.78 Å². The molecule has 0 bridgehead atoms. The van der Waals surface area contributed by atoms with E-state index in [9.17, 15) is 14.4 Å². The number of fused-ring (bicyclic) bond motifs is 1. The fourth-order valence-corrected chi connectivity index (χ4v) is 3.03. The fourth-order valence-electron chi connectivity index (χ4n) is 2.77. The molecular formula is C19H12BrN3O3. The Labute approximate surface area is 156 Å². The quantitative estimate of drug-likeness (QED) is 0.694. The summed E-state index contributed by atoms with van der Waals surface area (Å²) < 4.78 is 2.10. The van der Waals surface area contributed by atoms with Gasteiger partial charge in [-0.2, -0.15) is 0 Å². The van der Waals surface area contributed by atoms with Gasteiger partial charge in [0.25, 0.3) is 5.56 Å². The molecule has 7 heteroatoms. The van der Waals surface area contributed by atoms with Crippen molar-refractivity contribution < 1.29 is 9.59 Å². The number of nitrogens with one attached hydrogen (secondary N) is 2. The maximum Gasteiger partial charge on any atom is 0.283 e. The van der Waals surface area contributed by atoms with Crippen LogP contribution in [0.1, 0.15) is 20.8 Å². The smallest absolute Gasteiger partial charge is 0.283 e. The van der Waals surface area contributed by atoms with E-state index in [2.05, 4.69) is 26.3 Å². The van der Waals surface area contributed by atoms with E-state index in [0.29, 0.717) is 11.4 Å². The molecule has 3 aromatic rings. The molecule has 0 spiro atoms. The second kappa shape index (κ2) is 6.27. The highest BCUT2D eigenvalue weighted by Gasteiger charge is 2.32. The van der Waals surface area contributed by atoms with Crippen LogP contribution >= 0.6 is 15.9 Å². The van der Waals surface area contributed by atoms with Gasteiger partial charge < -0.3 is 5.32 Å². The van der Waals surface area contributed by atoms with Crippen molar-refractivity contribution in [2.24, 2.45) is 0 Å². The van der Waals surface area contributed by atoms with E-state index in [1.54, 1.807) is 36.4 Å². The minimum absolute atomic E-state index is 0.00482. The van der Waals surface area contributed by atoms with Crippen LogP contribution in [0.2, 0.25) is 0 Å².